The summed E-state index contributed by atoms with van der Waals surface area (Å²) >= 11 is 0. The molecule has 0 aliphatic carbocycles. The molecule has 2 aromatic heterocycles. The first-order chi connectivity index (χ1) is 15.2. The first-order valence-corrected chi connectivity index (χ1v) is 9.82. The van der Waals surface area contributed by atoms with Gasteiger partial charge in [0.25, 0.3) is 11.8 Å². The lowest BCUT2D eigenvalue weighted by Crippen LogP contribution is -2.43. The van der Waals surface area contributed by atoms with Crippen LogP contribution in [0.15, 0.2) is 59.1 Å². The molecule has 2 aromatic carbocycles. The zero-order chi connectivity index (χ0) is 21.2. The number of morpholine rings is 1. The summed E-state index contributed by atoms with van der Waals surface area (Å²) in [5.74, 6) is 1.21. The van der Waals surface area contributed by atoms with Gasteiger partial charge in [0.15, 0.2) is 5.82 Å². The van der Waals surface area contributed by atoms with E-state index in [9.17, 15) is 4.79 Å². The number of tetrazole rings is 1. The van der Waals surface area contributed by atoms with Gasteiger partial charge in [-0.2, -0.15) is 4.98 Å². The fourth-order valence-corrected chi connectivity index (χ4v) is 3.56. The maximum absolute atomic E-state index is 13.4. The molecule has 0 bridgehead atoms. The number of ether oxygens (including phenoxy) is 1. The predicted molar refractivity (Wildman–Crippen MR) is 109 cm³/mol. The molecule has 156 valence electrons. The number of amides is 1. The van der Waals surface area contributed by atoms with Gasteiger partial charge >= 0.3 is 0 Å². The van der Waals surface area contributed by atoms with Gasteiger partial charge < -0.3 is 14.2 Å². The summed E-state index contributed by atoms with van der Waals surface area (Å²) in [6.07, 6.45) is -0.391. The Hall–Kier alpha value is -3.92. The lowest BCUT2D eigenvalue weighted by molar-refractivity contribution is -0.0284. The quantitative estimate of drug-likeness (QED) is 0.496. The first kappa shape index (κ1) is 19.1. The van der Waals surface area contributed by atoms with Gasteiger partial charge in [-0.1, -0.05) is 47.6 Å². The summed E-state index contributed by atoms with van der Waals surface area (Å²) in [4.78, 5) is 19.6. The van der Waals surface area contributed by atoms with Crippen LogP contribution in [-0.2, 0) is 11.8 Å². The molecule has 1 aliphatic rings. The topological polar surface area (TPSA) is 112 Å². The molecule has 1 fully saturated rings. The highest BCUT2D eigenvalue weighted by atomic mass is 16.5. The molecule has 0 spiro atoms. The van der Waals surface area contributed by atoms with E-state index >= 15 is 0 Å². The van der Waals surface area contributed by atoms with E-state index in [0.29, 0.717) is 48.4 Å². The van der Waals surface area contributed by atoms with Crippen molar-refractivity contribution in [2.45, 2.75) is 6.10 Å². The average Bonchev–Trinajstić information content (AvgIpc) is 3.49. The van der Waals surface area contributed by atoms with E-state index in [1.165, 1.54) is 0 Å². The van der Waals surface area contributed by atoms with Crippen LogP contribution in [0.3, 0.4) is 0 Å². The number of hydrogen-bond acceptors (Lipinski definition) is 8. The van der Waals surface area contributed by atoms with Gasteiger partial charge in [0.1, 0.15) is 6.10 Å². The van der Waals surface area contributed by atoms with Crippen molar-refractivity contribution in [3.63, 3.8) is 0 Å². The van der Waals surface area contributed by atoms with Crippen molar-refractivity contribution in [1.29, 1.82) is 0 Å². The van der Waals surface area contributed by atoms with Crippen LogP contribution in [0.1, 0.15) is 22.3 Å². The molecule has 1 atom stereocenters. The van der Waals surface area contributed by atoms with E-state index in [1.807, 2.05) is 42.5 Å². The van der Waals surface area contributed by atoms with Crippen molar-refractivity contribution in [3.05, 3.63) is 66.0 Å². The highest BCUT2D eigenvalue weighted by Crippen LogP contribution is 2.28. The molecular formula is C21H19N7O3. The highest BCUT2D eigenvalue weighted by molar-refractivity contribution is 6.00. The molecule has 1 saturated heterocycles. The number of carbonyl (C=O) groups excluding carboxylic acids is 1. The Morgan fingerprint density at radius 3 is 2.71 bits per heavy atom. The third kappa shape index (κ3) is 3.68. The zero-order valence-electron chi connectivity index (χ0n) is 16.8. The van der Waals surface area contributed by atoms with Crippen molar-refractivity contribution < 1.29 is 14.1 Å². The van der Waals surface area contributed by atoms with Gasteiger partial charge in [-0.15, -0.1) is 5.10 Å². The summed E-state index contributed by atoms with van der Waals surface area (Å²) in [7, 11) is 1.74. The van der Waals surface area contributed by atoms with Gasteiger partial charge in [0, 0.05) is 19.2 Å². The van der Waals surface area contributed by atoms with Crippen LogP contribution in [0.25, 0.3) is 22.8 Å². The van der Waals surface area contributed by atoms with Crippen molar-refractivity contribution in [1.82, 2.24) is 35.2 Å². The Kier molecular flexibility index (Phi) is 4.97. The lowest BCUT2D eigenvalue weighted by atomic mass is 10.1. The molecule has 1 amide bonds. The predicted octanol–water partition coefficient (Wildman–Crippen LogP) is 2.14. The van der Waals surface area contributed by atoms with Gasteiger partial charge in [-0.05, 0) is 22.6 Å². The van der Waals surface area contributed by atoms with Gasteiger partial charge in [0.2, 0.25) is 5.82 Å². The Labute approximate surface area is 177 Å². The number of aromatic nitrogens is 6. The molecule has 0 saturated carbocycles. The summed E-state index contributed by atoms with van der Waals surface area (Å²) < 4.78 is 12.8. The molecule has 31 heavy (non-hydrogen) atoms. The number of rotatable bonds is 4. The Morgan fingerprint density at radius 1 is 1.10 bits per heavy atom. The molecular weight excluding hydrogens is 398 g/mol. The average molecular weight is 417 g/mol. The summed E-state index contributed by atoms with van der Waals surface area (Å²) in [6.45, 7) is 1.21. The second-order valence-electron chi connectivity index (χ2n) is 7.11. The molecule has 4 aromatic rings. The summed E-state index contributed by atoms with van der Waals surface area (Å²) in [5.41, 5.74) is 1.92. The van der Waals surface area contributed by atoms with Crippen LogP contribution in [0, 0.1) is 0 Å². The summed E-state index contributed by atoms with van der Waals surface area (Å²) in [5, 5.41) is 15.6. The smallest absolute Gasteiger partial charge is 0.259 e. The van der Waals surface area contributed by atoms with E-state index in [4.69, 9.17) is 9.26 Å². The number of aryl methyl sites for hydroxylation is 1. The van der Waals surface area contributed by atoms with Gasteiger partial charge in [0.05, 0.1) is 24.3 Å². The highest BCUT2D eigenvalue weighted by Gasteiger charge is 2.30. The fourth-order valence-electron chi connectivity index (χ4n) is 3.56. The third-order valence-electron chi connectivity index (χ3n) is 5.14. The molecule has 1 aliphatic heterocycles. The molecule has 3 heterocycles. The minimum Gasteiger partial charge on any atom is -0.366 e. The number of nitrogens with zero attached hydrogens (tertiary/aromatic N) is 7. The minimum atomic E-state index is -0.391. The second kappa shape index (κ2) is 8.07. The molecule has 0 N–H and O–H groups in total. The van der Waals surface area contributed by atoms with E-state index < -0.39 is 6.10 Å². The Balaban J connectivity index is 1.42. The maximum atomic E-state index is 13.4. The lowest BCUT2D eigenvalue weighted by Gasteiger charge is -2.32. The molecule has 1 unspecified atom stereocenters. The molecule has 5 rings (SSSR count). The van der Waals surface area contributed by atoms with Crippen LogP contribution < -0.4 is 0 Å². The number of carbonyl (C=O) groups is 1. The van der Waals surface area contributed by atoms with E-state index in [0.717, 1.165) is 5.56 Å². The van der Waals surface area contributed by atoms with E-state index in [-0.39, 0.29) is 5.91 Å². The summed E-state index contributed by atoms with van der Waals surface area (Å²) in [6, 6.07) is 16.8. The van der Waals surface area contributed by atoms with Gasteiger partial charge in [-0.25, -0.2) is 4.68 Å². The van der Waals surface area contributed by atoms with Crippen molar-refractivity contribution in [3.8, 4) is 22.8 Å². The van der Waals surface area contributed by atoms with E-state index in [1.54, 1.807) is 28.8 Å². The van der Waals surface area contributed by atoms with Crippen LogP contribution in [0.4, 0.5) is 0 Å². The van der Waals surface area contributed by atoms with Crippen LogP contribution in [-0.4, -0.2) is 60.9 Å². The Bertz CT molecular complexity index is 1200. The fraction of sp³-hybridized carbons (Fsp3) is 0.238. The number of hydrogen-bond donors (Lipinski definition) is 0. The second-order valence-corrected chi connectivity index (χ2v) is 7.11. The molecule has 10 heteroatoms. The normalized spacial score (nSPS) is 16.4. The monoisotopic (exact) mass is 417 g/mol. The zero-order valence-corrected chi connectivity index (χ0v) is 16.8. The Morgan fingerprint density at radius 2 is 1.90 bits per heavy atom. The SMILES string of the molecule is Cn1nnnc1C1CN(C(=O)c2ccccc2-c2nc(-c3ccccc3)no2)CCO1. The molecule has 0 radical (unpaired) electrons. The molecule has 10 nitrogen and oxygen atoms in total. The van der Waals surface area contributed by atoms with Crippen molar-refractivity contribution in [2.75, 3.05) is 19.7 Å². The van der Waals surface area contributed by atoms with Gasteiger partial charge in [-0.3, -0.25) is 4.79 Å². The number of benzene rings is 2. The van der Waals surface area contributed by atoms with E-state index in [2.05, 4.69) is 25.7 Å². The third-order valence-corrected chi connectivity index (χ3v) is 5.14. The van der Waals surface area contributed by atoms with Crippen LogP contribution >= 0.6 is 0 Å². The minimum absolute atomic E-state index is 0.140. The standard InChI is InChI=1S/C21H19N7O3/c1-27-19(23-25-26-27)17-13-28(11-12-30-17)21(29)16-10-6-5-9-15(16)20-22-18(24-31-20)14-7-3-2-4-8-14/h2-10,17H,11-13H2,1H3. The van der Waals surface area contributed by atoms with Crippen molar-refractivity contribution >= 4 is 5.91 Å². The van der Waals surface area contributed by atoms with Crippen LogP contribution in [0.2, 0.25) is 0 Å². The first-order valence-electron chi connectivity index (χ1n) is 9.82. The van der Waals surface area contributed by atoms with Crippen LogP contribution in [0.5, 0.6) is 0 Å². The van der Waals surface area contributed by atoms with Crippen molar-refractivity contribution in [2.24, 2.45) is 7.05 Å². The maximum Gasteiger partial charge on any atom is 0.259 e. The largest absolute Gasteiger partial charge is 0.366 e.